The lowest BCUT2D eigenvalue weighted by Crippen LogP contribution is -2.10. The molecule has 34 heavy (non-hydrogen) atoms. The molecule has 0 fully saturated rings. The van der Waals surface area contributed by atoms with Crippen LogP contribution in [-0.2, 0) is 0 Å². The summed E-state index contributed by atoms with van der Waals surface area (Å²) in [4.78, 5) is 14.2. The van der Waals surface area contributed by atoms with Crippen molar-refractivity contribution in [3.8, 4) is 22.8 Å². The summed E-state index contributed by atoms with van der Waals surface area (Å²) in [5.41, 5.74) is 3.19. The molecule has 0 saturated carbocycles. The predicted octanol–water partition coefficient (Wildman–Crippen LogP) is 6.12. The van der Waals surface area contributed by atoms with E-state index in [0.29, 0.717) is 34.7 Å². The summed E-state index contributed by atoms with van der Waals surface area (Å²) in [5.74, 6) is 0.327. The number of anilines is 1. The van der Waals surface area contributed by atoms with Crippen LogP contribution in [0.3, 0.4) is 0 Å². The van der Waals surface area contributed by atoms with Gasteiger partial charge in [0.2, 0.25) is 0 Å². The number of benzene rings is 3. The minimum atomic E-state index is -0.523. The number of aromatic nitrogens is 3. The molecule has 170 valence electrons. The van der Waals surface area contributed by atoms with Crippen molar-refractivity contribution < 1.29 is 18.3 Å². The predicted molar refractivity (Wildman–Crippen MR) is 127 cm³/mol. The molecular formula is C25H18ClFN4O3. The highest BCUT2D eigenvalue weighted by Gasteiger charge is 2.15. The molecule has 0 spiro atoms. The Kier molecular flexibility index (Phi) is 5.73. The van der Waals surface area contributed by atoms with Gasteiger partial charge in [0.05, 0.1) is 17.3 Å². The van der Waals surface area contributed by atoms with Gasteiger partial charge in [0, 0.05) is 11.3 Å². The Bertz CT molecular complexity index is 1490. The second-order valence-electron chi connectivity index (χ2n) is 7.37. The highest BCUT2D eigenvalue weighted by atomic mass is 35.5. The number of rotatable bonds is 6. The van der Waals surface area contributed by atoms with Crippen LogP contribution in [0.15, 0.2) is 77.2 Å². The Morgan fingerprint density at radius 1 is 1.03 bits per heavy atom. The Balaban J connectivity index is 1.33. The summed E-state index contributed by atoms with van der Waals surface area (Å²) in [6.07, 6.45) is 0. The van der Waals surface area contributed by atoms with Gasteiger partial charge in [-0.3, -0.25) is 4.79 Å². The third-order valence-corrected chi connectivity index (χ3v) is 5.34. The van der Waals surface area contributed by atoms with E-state index in [2.05, 4.69) is 15.5 Å². The first-order chi connectivity index (χ1) is 16.5. The van der Waals surface area contributed by atoms with Crippen molar-refractivity contribution in [2.24, 2.45) is 0 Å². The van der Waals surface area contributed by atoms with E-state index < -0.39 is 11.7 Å². The molecule has 7 nitrogen and oxygen atoms in total. The molecule has 9 heteroatoms. The summed E-state index contributed by atoms with van der Waals surface area (Å²) in [6.45, 7) is 2.52. The van der Waals surface area contributed by atoms with Gasteiger partial charge in [-0.25, -0.2) is 4.39 Å². The number of halogens is 2. The van der Waals surface area contributed by atoms with Crippen molar-refractivity contribution in [2.45, 2.75) is 6.92 Å². The first kappa shape index (κ1) is 21.7. The van der Waals surface area contributed by atoms with Crippen LogP contribution in [0, 0.1) is 5.82 Å². The first-order valence-corrected chi connectivity index (χ1v) is 10.8. The Labute approximate surface area is 198 Å². The van der Waals surface area contributed by atoms with Crippen LogP contribution in [0.4, 0.5) is 10.1 Å². The third kappa shape index (κ3) is 4.35. The van der Waals surface area contributed by atoms with Crippen LogP contribution in [0.1, 0.15) is 17.5 Å². The van der Waals surface area contributed by atoms with Crippen molar-refractivity contribution in [1.82, 2.24) is 15.0 Å². The molecule has 0 aliphatic carbocycles. The molecule has 5 rings (SSSR count). The Morgan fingerprint density at radius 3 is 2.59 bits per heavy atom. The lowest BCUT2D eigenvalue weighted by molar-refractivity contribution is 0.0997. The summed E-state index contributed by atoms with van der Waals surface area (Å²) in [6, 6.07) is 20.1. The molecule has 2 aromatic heterocycles. The number of fused-ring (bicyclic) bond motifs is 1. The lowest BCUT2D eigenvalue weighted by Gasteiger charge is -2.03. The van der Waals surface area contributed by atoms with E-state index in [1.54, 1.807) is 30.3 Å². The number of nitrogens with one attached hydrogen (secondary N) is 1. The fourth-order valence-corrected chi connectivity index (χ4v) is 3.59. The second kappa shape index (κ2) is 8.99. The molecule has 2 heterocycles. The zero-order chi connectivity index (χ0) is 23.7. The number of furan rings is 1. The Morgan fingerprint density at radius 2 is 1.82 bits per heavy atom. The van der Waals surface area contributed by atoms with Crippen molar-refractivity contribution >= 4 is 34.2 Å². The van der Waals surface area contributed by atoms with Gasteiger partial charge in [0.25, 0.3) is 5.91 Å². The van der Waals surface area contributed by atoms with Gasteiger partial charge in [-0.2, -0.15) is 4.80 Å². The molecular weight excluding hydrogens is 459 g/mol. The van der Waals surface area contributed by atoms with Crippen LogP contribution >= 0.6 is 11.6 Å². The van der Waals surface area contributed by atoms with Gasteiger partial charge in [-0.15, -0.1) is 10.2 Å². The van der Waals surface area contributed by atoms with Gasteiger partial charge >= 0.3 is 0 Å². The van der Waals surface area contributed by atoms with Crippen molar-refractivity contribution in [3.05, 3.63) is 89.4 Å². The zero-order valence-corrected chi connectivity index (χ0v) is 18.7. The minimum absolute atomic E-state index is 0.0218. The topological polar surface area (TPSA) is 82.2 Å². The number of amides is 1. The molecule has 1 amide bonds. The fourth-order valence-electron chi connectivity index (χ4n) is 3.41. The normalized spacial score (nSPS) is 11.0. The van der Waals surface area contributed by atoms with E-state index in [1.807, 2.05) is 31.2 Å². The quantitative estimate of drug-likeness (QED) is 0.319. The number of nitrogens with zero attached hydrogens (tertiary/aromatic N) is 3. The maximum atomic E-state index is 13.4. The van der Waals surface area contributed by atoms with E-state index in [0.717, 1.165) is 11.4 Å². The summed E-state index contributed by atoms with van der Waals surface area (Å²) >= 11 is 5.83. The lowest BCUT2D eigenvalue weighted by atomic mass is 10.2. The third-order valence-electron chi connectivity index (χ3n) is 5.05. The van der Waals surface area contributed by atoms with Crippen LogP contribution in [-0.4, -0.2) is 27.5 Å². The Hall–Kier alpha value is -4.17. The molecule has 0 aliphatic heterocycles. The van der Waals surface area contributed by atoms with Gasteiger partial charge in [-0.1, -0.05) is 11.6 Å². The average molecular weight is 477 g/mol. The molecule has 5 aromatic rings. The molecule has 3 aromatic carbocycles. The molecule has 0 saturated heterocycles. The van der Waals surface area contributed by atoms with Crippen LogP contribution in [0.25, 0.3) is 28.0 Å². The smallest absolute Gasteiger partial charge is 0.291 e. The van der Waals surface area contributed by atoms with Gasteiger partial charge < -0.3 is 14.5 Å². The van der Waals surface area contributed by atoms with Crippen molar-refractivity contribution in [2.75, 3.05) is 11.9 Å². The second-order valence-corrected chi connectivity index (χ2v) is 7.77. The average Bonchev–Trinajstić information content (AvgIpc) is 3.49. The molecule has 1 N–H and O–H groups in total. The van der Waals surface area contributed by atoms with E-state index in [-0.39, 0.29) is 10.8 Å². The van der Waals surface area contributed by atoms with Crippen molar-refractivity contribution in [1.29, 1.82) is 0 Å². The van der Waals surface area contributed by atoms with E-state index in [9.17, 15) is 9.18 Å². The number of carbonyl (C=O) groups is 1. The van der Waals surface area contributed by atoms with Crippen LogP contribution in [0.2, 0.25) is 5.02 Å². The largest absolute Gasteiger partial charge is 0.494 e. The molecule has 0 aliphatic rings. The first-order valence-electron chi connectivity index (χ1n) is 10.5. The highest BCUT2D eigenvalue weighted by molar-refractivity contribution is 6.31. The van der Waals surface area contributed by atoms with E-state index in [4.69, 9.17) is 20.8 Å². The maximum absolute atomic E-state index is 13.4. The maximum Gasteiger partial charge on any atom is 0.291 e. The summed E-state index contributed by atoms with van der Waals surface area (Å²) in [7, 11) is 0. The zero-order valence-electron chi connectivity index (χ0n) is 18.0. The molecule has 0 radical (unpaired) electrons. The van der Waals surface area contributed by atoms with Crippen LogP contribution in [0.5, 0.6) is 5.75 Å². The van der Waals surface area contributed by atoms with Gasteiger partial charge in [-0.05, 0) is 79.7 Å². The highest BCUT2D eigenvalue weighted by Crippen LogP contribution is 2.27. The van der Waals surface area contributed by atoms with E-state index in [1.165, 1.54) is 23.0 Å². The molecule has 0 atom stereocenters. The van der Waals surface area contributed by atoms with E-state index >= 15 is 0 Å². The number of hydrogen-bond donors (Lipinski definition) is 1. The SMILES string of the molecule is CCOc1ccc(-n2nc3ccc(NC(=O)c4ccc(-c5ccc(F)c(Cl)c5)o4)cc3n2)cc1. The standard InChI is InChI=1S/C25H18ClFN4O3/c1-2-33-18-7-5-17(6-8-18)31-29-21-10-4-16(14-22(21)30-31)28-25(32)24-12-11-23(34-24)15-3-9-20(27)19(26)13-15/h3-14H,2H2,1H3,(H,28,32). The summed E-state index contributed by atoms with van der Waals surface area (Å²) in [5, 5.41) is 11.8. The van der Waals surface area contributed by atoms with Gasteiger partial charge in [0.15, 0.2) is 5.76 Å². The summed E-state index contributed by atoms with van der Waals surface area (Å²) < 4.78 is 24.5. The number of carbonyl (C=O) groups excluding carboxylic acids is 1. The monoisotopic (exact) mass is 476 g/mol. The minimum Gasteiger partial charge on any atom is -0.494 e. The molecule has 0 unspecified atom stereocenters. The number of hydrogen-bond acceptors (Lipinski definition) is 5. The van der Waals surface area contributed by atoms with Crippen LogP contribution < -0.4 is 10.1 Å². The van der Waals surface area contributed by atoms with Crippen molar-refractivity contribution in [3.63, 3.8) is 0 Å². The fraction of sp³-hybridized carbons (Fsp3) is 0.0800. The molecule has 0 bridgehead atoms. The number of ether oxygens (including phenoxy) is 1. The van der Waals surface area contributed by atoms with Gasteiger partial charge in [0.1, 0.15) is 28.4 Å².